The molecule has 0 fully saturated rings. The second kappa shape index (κ2) is 10.9. The number of carbonyl (C=O) groups excluding carboxylic acids is 1. The van der Waals surface area contributed by atoms with Crippen LogP contribution in [0.3, 0.4) is 0 Å². The van der Waals surface area contributed by atoms with E-state index in [9.17, 15) is 4.79 Å². The molecule has 0 bridgehead atoms. The van der Waals surface area contributed by atoms with E-state index in [4.69, 9.17) is 0 Å². The Morgan fingerprint density at radius 2 is 1.88 bits per heavy atom. The molecule has 3 aromatic rings. The Balaban J connectivity index is 1.33. The quantitative estimate of drug-likeness (QED) is 0.233. The molecule has 0 radical (unpaired) electrons. The molecule has 6 heteroatoms. The lowest BCUT2D eigenvalue weighted by atomic mass is 9.96. The van der Waals surface area contributed by atoms with Gasteiger partial charge in [-0.05, 0) is 49.9 Å². The van der Waals surface area contributed by atoms with Gasteiger partial charge < -0.3 is 4.57 Å². The van der Waals surface area contributed by atoms with Crippen molar-refractivity contribution in [2.75, 3.05) is 18.8 Å². The van der Waals surface area contributed by atoms with Crippen molar-refractivity contribution in [2.45, 2.75) is 57.8 Å². The third kappa shape index (κ3) is 5.48. The molecule has 0 saturated carbocycles. The SMILES string of the molecule is CCCCn1c(SCCCN2CCc3ccc(C(C)=O)cc3C2)nnc1-c1ccccc1. The first-order valence-electron chi connectivity index (χ1n) is 11.6. The summed E-state index contributed by atoms with van der Waals surface area (Å²) >= 11 is 1.81. The third-order valence-electron chi connectivity index (χ3n) is 6.04. The standard InChI is InChI=1S/C26H32N4OS/c1-3-4-15-30-25(22-9-6-5-7-10-22)27-28-26(30)32-17-8-14-29-16-13-21-11-12-23(20(2)31)18-24(21)19-29/h5-7,9-12,18H,3-4,8,13-17,19H2,1-2H3. The van der Waals surface area contributed by atoms with E-state index in [1.165, 1.54) is 11.1 Å². The lowest BCUT2D eigenvalue weighted by molar-refractivity contribution is 0.101. The van der Waals surface area contributed by atoms with E-state index in [0.29, 0.717) is 0 Å². The predicted octanol–water partition coefficient (Wildman–Crippen LogP) is 5.49. The molecule has 0 saturated heterocycles. The van der Waals surface area contributed by atoms with Gasteiger partial charge in [-0.2, -0.15) is 0 Å². The number of fused-ring (bicyclic) bond motifs is 1. The van der Waals surface area contributed by atoms with Crippen molar-refractivity contribution in [2.24, 2.45) is 0 Å². The number of ketones is 1. The van der Waals surface area contributed by atoms with Crippen LogP contribution in [0.1, 0.15) is 54.6 Å². The van der Waals surface area contributed by atoms with Crippen LogP contribution in [-0.2, 0) is 19.5 Å². The van der Waals surface area contributed by atoms with Gasteiger partial charge >= 0.3 is 0 Å². The smallest absolute Gasteiger partial charge is 0.191 e. The third-order valence-corrected chi connectivity index (χ3v) is 7.09. The maximum absolute atomic E-state index is 11.7. The molecule has 168 valence electrons. The number of benzene rings is 2. The lowest BCUT2D eigenvalue weighted by Crippen LogP contribution is -2.31. The van der Waals surface area contributed by atoms with Gasteiger partial charge in [0.1, 0.15) is 0 Å². The maximum atomic E-state index is 11.7. The number of Topliss-reactive ketones (excluding diaryl/α,β-unsaturated/α-hetero) is 1. The fourth-order valence-corrected chi connectivity index (χ4v) is 5.08. The first-order valence-corrected chi connectivity index (χ1v) is 12.6. The van der Waals surface area contributed by atoms with Crippen molar-refractivity contribution in [1.82, 2.24) is 19.7 Å². The Bertz CT molecular complexity index is 1050. The first-order chi connectivity index (χ1) is 15.7. The average molecular weight is 449 g/mol. The number of thioether (sulfide) groups is 1. The minimum atomic E-state index is 0.142. The molecule has 2 heterocycles. The van der Waals surface area contributed by atoms with Crippen molar-refractivity contribution in [3.05, 3.63) is 65.2 Å². The molecular formula is C26H32N4OS. The second-order valence-corrected chi connectivity index (χ2v) is 9.51. The summed E-state index contributed by atoms with van der Waals surface area (Å²) < 4.78 is 2.28. The fraction of sp³-hybridized carbons (Fsp3) is 0.423. The van der Waals surface area contributed by atoms with Gasteiger partial charge in [-0.25, -0.2) is 0 Å². The molecule has 0 spiro atoms. The van der Waals surface area contributed by atoms with E-state index in [1.807, 2.05) is 23.9 Å². The van der Waals surface area contributed by atoms with Gasteiger partial charge in [0.2, 0.25) is 0 Å². The molecule has 2 aromatic carbocycles. The molecule has 0 atom stereocenters. The number of unbranched alkanes of at least 4 members (excludes halogenated alkanes) is 1. The van der Waals surface area contributed by atoms with Gasteiger partial charge in [-0.15, -0.1) is 10.2 Å². The summed E-state index contributed by atoms with van der Waals surface area (Å²) in [5.41, 5.74) is 4.64. The topological polar surface area (TPSA) is 51.0 Å². The number of rotatable bonds is 10. The van der Waals surface area contributed by atoms with Crippen molar-refractivity contribution < 1.29 is 4.79 Å². The van der Waals surface area contributed by atoms with E-state index < -0.39 is 0 Å². The largest absolute Gasteiger partial charge is 0.302 e. The van der Waals surface area contributed by atoms with Crippen LogP contribution in [-0.4, -0.2) is 44.3 Å². The number of nitrogens with zero attached hydrogens (tertiary/aromatic N) is 4. The molecule has 32 heavy (non-hydrogen) atoms. The highest BCUT2D eigenvalue weighted by Gasteiger charge is 2.18. The van der Waals surface area contributed by atoms with E-state index in [-0.39, 0.29) is 5.78 Å². The van der Waals surface area contributed by atoms with Gasteiger partial charge in [-0.1, -0.05) is 67.6 Å². The normalized spacial score (nSPS) is 13.8. The summed E-state index contributed by atoms with van der Waals surface area (Å²) in [6.07, 6.45) is 4.44. The summed E-state index contributed by atoms with van der Waals surface area (Å²) in [5, 5.41) is 10.0. The molecule has 1 aromatic heterocycles. The van der Waals surface area contributed by atoms with Crippen molar-refractivity contribution in [3.8, 4) is 11.4 Å². The Hall–Kier alpha value is -2.44. The van der Waals surface area contributed by atoms with Gasteiger partial charge in [0.15, 0.2) is 16.8 Å². The van der Waals surface area contributed by atoms with Crippen molar-refractivity contribution in [1.29, 1.82) is 0 Å². The second-order valence-electron chi connectivity index (χ2n) is 8.45. The van der Waals surface area contributed by atoms with Crippen LogP contribution < -0.4 is 0 Å². The monoisotopic (exact) mass is 448 g/mol. The first kappa shape index (κ1) is 22.7. The Labute approximate surface area is 195 Å². The average Bonchev–Trinajstić information content (AvgIpc) is 3.23. The zero-order chi connectivity index (χ0) is 22.3. The summed E-state index contributed by atoms with van der Waals surface area (Å²) in [6.45, 7) is 7.90. The van der Waals surface area contributed by atoms with Crippen LogP contribution in [0.15, 0.2) is 53.7 Å². The number of carbonyl (C=O) groups is 1. The number of aromatic nitrogens is 3. The van der Waals surface area contributed by atoms with Crippen LogP contribution in [0.5, 0.6) is 0 Å². The van der Waals surface area contributed by atoms with Gasteiger partial charge in [0.05, 0.1) is 0 Å². The molecule has 0 N–H and O–H groups in total. The summed E-state index contributed by atoms with van der Waals surface area (Å²) in [5.74, 6) is 2.13. The summed E-state index contributed by atoms with van der Waals surface area (Å²) in [7, 11) is 0. The highest BCUT2D eigenvalue weighted by Crippen LogP contribution is 2.26. The maximum Gasteiger partial charge on any atom is 0.191 e. The van der Waals surface area contributed by atoms with Crippen LogP contribution in [0.4, 0.5) is 0 Å². The number of hydrogen-bond acceptors (Lipinski definition) is 5. The lowest BCUT2D eigenvalue weighted by Gasteiger charge is -2.29. The Morgan fingerprint density at radius 1 is 1.03 bits per heavy atom. The predicted molar refractivity (Wildman–Crippen MR) is 131 cm³/mol. The van der Waals surface area contributed by atoms with E-state index in [1.54, 1.807) is 6.92 Å². The molecular weight excluding hydrogens is 416 g/mol. The summed E-state index contributed by atoms with van der Waals surface area (Å²) in [6, 6.07) is 16.5. The molecule has 5 nitrogen and oxygen atoms in total. The summed E-state index contributed by atoms with van der Waals surface area (Å²) in [4.78, 5) is 14.2. The molecule has 0 amide bonds. The minimum Gasteiger partial charge on any atom is -0.302 e. The molecule has 0 unspecified atom stereocenters. The van der Waals surface area contributed by atoms with Crippen LogP contribution in [0.25, 0.3) is 11.4 Å². The van der Waals surface area contributed by atoms with Gasteiger partial charge in [-0.3, -0.25) is 9.69 Å². The zero-order valence-electron chi connectivity index (χ0n) is 19.1. The van der Waals surface area contributed by atoms with Gasteiger partial charge in [0, 0.05) is 36.5 Å². The van der Waals surface area contributed by atoms with Crippen molar-refractivity contribution >= 4 is 17.5 Å². The van der Waals surface area contributed by atoms with Crippen LogP contribution in [0.2, 0.25) is 0 Å². The molecule has 0 aliphatic carbocycles. The van der Waals surface area contributed by atoms with Crippen molar-refractivity contribution in [3.63, 3.8) is 0 Å². The number of hydrogen-bond donors (Lipinski definition) is 0. The molecule has 4 rings (SSSR count). The highest BCUT2D eigenvalue weighted by molar-refractivity contribution is 7.99. The Morgan fingerprint density at radius 3 is 2.66 bits per heavy atom. The highest BCUT2D eigenvalue weighted by atomic mass is 32.2. The van der Waals surface area contributed by atoms with E-state index in [2.05, 4.69) is 63.0 Å². The minimum absolute atomic E-state index is 0.142. The van der Waals surface area contributed by atoms with Gasteiger partial charge in [0.25, 0.3) is 0 Å². The van der Waals surface area contributed by atoms with Crippen LogP contribution >= 0.6 is 11.8 Å². The van der Waals surface area contributed by atoms with E-state index in [0.717, 1.165) is 79.7 Å². The van der Waals surface area contributed by atoms with Crippen LogP contribution in [0, 0.1) is 0 Å². The Kier molecular flexibility index (Phi) is 7.76. The van der Waals surface area contributed by atoms with E-state index >= 15 is 0 Å². The fourth-order valence-electron chi connectivity index (χ4n) is 4.19. The zero-order valence-corrected chi connectivity index (χ0v) is 19.9. The molecule has 1 aliphatic heterocycles. The molecule has 1 aliphatic rings.